The third-order valence-electron chi connectivity index (χ3n) is 2.26. The van der Waals surface area contributed by atoms with Crippen LogP contribution in [-0.2, 0) is 14.3 Å². The van der Waals surface area contributed by atoms with Crippen LogP contribution in [0.25, 0.3) is 0 Å². The molecule has 0 aliphatic heterocycles. The van der Waals surface area contributed by atoms with Gasteiger partial charge in [-0.05, 0) is 39.5 Å². The van der Waals surface area contributed by atoms with E-state index in [0.717, 1.165) is 12.8 Å². The van der Waals surface area contributed by atoms with Crippen molar-refractivity contribution in [2.45, 2.75) is 65.9 Å². The highest BCUT2D eigenvalue weighted by Gasteiger charge is 2.16. The monoisotopic (exact) mass is 257 g/mol. The maximum absolute atomic E-state index is 11.4. The van der Waals surface area contributed by atoms with E-state index >= 15 is 0 Å². The Hall–Kier alpha value is -1.06. The molecule has 0 radical (unpaired) electrons. The second-order valence-corrected chi connectivity index (χ2v) is 5.97. The first-order valence-corrected chi connectivity index (χ1v) is 6.69. The molecule has 0 aromatic carbocycles. The van der Waals surface area contributed by atoms with Crippen LogP contribution >= 0.6 is 0 Å². The Labute approximate surface area is 110 Å². The lowest BCUT2D eigenvalue weighted by atomic mass is 10.1. The summed E-state index contributed by atoms with van der Waals surface area (Å²) in [6.45, 7) is 10.4. The molecule has 0 fully saturated rings. The van der Waals surface area contributed by atoms with E-state index in [1.165, 1.54) is 0 Å². The number of hydrogen-bond donors (Lipinski definition) is 1. The summed E-state index contributed by atoms with van der Waals surface area (Å²) < 4.78 is 5.13. The number of ether oxygens (including phenoxy) is 1. The molecule has 1 N–H and O–H groups in total. The van der Waals surface area contributed by atoms with Crippen LogP contribution in [0, 0.1) is 5.92 Å². The predicted molar refractivity (Wildman–Crippen MR) is 72.2 cm³/mol. The van der Waals surface area contributed by atoms with Crippen LogP contribution in [-0.4, -0.2) is 24.0 Å². The number of carbonyl (C=O) groups is 2. The Morgan fingerprint density at radius 2 is 1.78 bits per heavy atom. The van der Waals surface area contributed by atoms with E-state index in [-0.39, 0.29) is 24.7 Å². The largest absolute Gasteiger partial charge is 0.460 e. The minimum Gasteiger partial charge on any atom is -0.460 e. The highest BCUT2D eigenvalue weighted by atomic mass is 16.6. The van der Waals surface area contributed by atoms with Gasteiger partial charge in [0.2, 0.25) is 5.91 Å². The maximum Gasteiger partial charge on any atom is 0.306 e. The molecular weight excluding hydrogens is 230 g/mol. The second-order valence-electron chi connectivity index (χ2n) is 5.97. The van der Waals surface area contributed by atoms with Gasteiger partial charge in [-0.15, -0.1) is 0 Å². The molecule has 0 rings (SSSR count). The number of nitrogens with one attached hydrogen (secondary N) is 1. The number of carbonyl (C=O) groups excluding carboxylic acids is 2. The quantitative estimate of drug-likeness (QED) is 0.563. The van der Waals surface area contributed by atoms with Gasteiger partial charge in [-0.2, -0.15) is 0 Å². The summed E-state index contributed by atoms with van der Waals surface area (Å²) in [6.07, 6.45) is 2.44. The average Bonchev–Trinajstić information content (AvgIpc) is 2.19. The fraction of sp³-hybridized carbons (Fsp3) is 0.857. The van der Waals surface area contributed by atoms with Crippen LogP contribution in [0.15, 0.2) is 0 Å². The summed E-state index contributed by atoms with van der Waals surface area (Å²) in [6, 6.07) is 0. The lowest BCUT2D eigenvalue weighted by Gasteiger charge is -2.19. The summed E-state index contributed by atoms with van der Waals surface area (Å²) in [5, 5.41) is 2.81. The molecule has 106 valence electrons. The molecule has 0 unspecified atom stereocenters. The van der Waals surface area contributed by atoms with Gasteiger partial charge in [0.1, 0.15) is 5.60 Å². The SMILES string of the molecule is CC(C)CCCNC(=O)CCC(=O)OC(C)(C)C. The zero-order valence-corrected chi connectivity index (χ0v) is 12.3. The van der Waals surface area contributed by atoms with Crippen molar-refractivity contribution in [3.05, 3.63) is 0 Å². The Morgan fingerprint density at radius 1 is 1.17 bits per heavy atom. The molecule has 0 bridgehead atoms. The third-order valence-corrected chi connectivity index (χ3v) is 2.26. The van der Waals surface area contributed by atoms with Crippen LogP contribution in [0.2, 0.25) is 0 Å². The van der Waals surface area contributed by atoms with Gasteiger partial charge in [-0.25, -0.2) is 0 Å². The molecule has 0 heterocycles. The molecule has 4 heteroatoms. The van der Waals surface area contributed by atoms with Crippen molar-refractivity contribution in [3.8, 4) is 0 Å². The molecule has 0 saturated heterocycles. The molecule has 0 atom stereocenters. The van der Waals surface area contributed by atoms with Gasteiger partial charge >= 0.3 is 5.97 Å². The highest BCUT2D eigenvalue weighted by Crippen LogP contribution is 2.09. The van der Waals surface area contributed by atoms with Gasteiger partial charge in [-0.3, -0.25) is 9.59 Å². The number of hydrogen-bond acceptors (Lipinski definition) is 3. The second kappa shape index (κ2) is 8.11. The fourth-order valence-corrected chi connectivity index (χ4v) is 1.43. The normalized spacial score (nSPS) is 11.4. The summed E-state index contributed by atoms with van der Waals surface area (Å²) in [5.74, 6) is 0.258. The Balaban J connectivity index is 3.62. The molecule has 18 heavy (non-hydrogen) atoms. The number of amides is 1. The Bertz CT molecular complexity index is 267. The van der Waals surface area contributed by atoms with Crippen molar-refractivity contribution in [2.75, 3.05) is 6.54 Å². The van der Waals surface area contributed by atoms with E-state index < -0.39 is 5.60 Å². The molecule has 0 spiro atoms. The number of esters is 1. The minimum atomic E-state index is -0.481. The highest BCUT2D eigenvalue weighted by molar-refractivity contribution is 5.81. The van der Waals surface area contributed by atoms with Gasteiger partial charge in [0.15, 0.2) is 0 Å². The first-order chi connectivity index (χ1) is 8.20. The Kier molecular flexibility index (Phi) is 7.64. The van der Waals surface area contributed by atoms with Gasteiger partial charge in [0, 0.05) is 13.0 Å². The summed E-state index contributed by atoms with van der Waals surface area (Å²) in [7, 11) is 0. The van der Waals surface area contributed by atoms with E-state index in [1.54, 1.807) is 0 Å². The van der Waals surface area contributed by atoms with E-state index in [2.05, 4.69) is 19.2 Å². The van der Waals surface area contributed by atoms with Crippen molar-refractivity contribution < 1.29 is 14.3 Å². The van der Waals surface area contributed by atoms with E-state index in [0.29, 0.717) is 12.5 Å². The predicted octanol–water partition coefficient (Wildman–Crippen LogP) is 2.66. The van der Waals surface area contributed by atoms with Gasteiger partial charge in [-0.1, -0.05) is 13.8 Å². The van der Waals surface area contributed by atoms with Crippen molar-refractivity contribution in [2.24, 2.45) is 5.92 Å². The van der Waals surface area contributed by atoms with Crippen LogP contribution in [0.5, 0.6) is 0 Å². The molecule has 4 nitrogen and oxygen atoms in total. The number of rotatable bonds is 7. The van der Waals surface area contributed by atoms with E-state index in [4.69, 9.17) is 4.74 Å². The van der Waals surface area contributed by atoms with Crippen LogP contribution in [0.1, 0.15) is 60.3 Å². The maximum atomic E-state index is 11.4. The van der Waals surface area contributed by atoms with E-state index in [1.807, 2.05) is 20.8 Å². The minimum absolute atomic E-state index is 0.0791. The Morgan fingerprint density at radius 3 is 2.28 bits per heavy atom. The first kappa shape index (κ1) is 16.9. The van der Waals surface area contributed by atoms with Crippen molar-refractivity contribution in [3.63, 3.8) is 0 Å². The van der Waals surface area contributed by atoms with Crippen molar-refractivity contribution >= 4 is 11.9 Å². The topological polar surface area (TPSA) is 55.4 Å². The fourth-order valence-electron chi connectivity index (χ4n) is 1.43. The van der Waals surface area contributed by atoms with Crippen LogP contribution in [0.3, 0.4) is 0 Å². The lowest BCUT2D eigenvalue weighted by Crippen LogP contribution is -2.27. The van der Waals surface area contributed by atoms with Gasteiger partial charge in [0.05, 0.1) is 6.42 Å². The molecular formula is C14H27NO3. The van der Waals surface area contributed by atoms with Crippen LogP contribution < -0.4 is 5.32 Å². The smallest absolute Gasteiger partial charge is 0.306 e. The summed E-state index contributed by atoms with van der Waals surface area (Å²) >= 11 is 0. The molecule has 0 aliphatic rings. The third kappa shape index (κ3) is 11.4. The van der Waals surface area contributed by atoms with Crippen LogP contribution in [0.4, 0.5) is 0 Å². The molecule has 0 aromatic rings. The summed E-state index contributed by atoms with van der Waals surface area (Å²) in [5.41, 5.74) is -0.481. The van der Waals surface area contributed by atoms with Crippen molar-refractivity contribution in [1.82, 2.24) is 5.32 Å². The van der Waals surface area contributed by atoms with Crippen molar-refractivity contribution in [1.29, 1.82) is 0 Å². The first-order valence-electron chi connectivity index (χ1n) is 6.69. The molecule has 0 aromatic heterocycles. The average molecular weight is 257 g/mol. The standard InChI is InChI=1S/C14H27NO3/c1-11(2)7-6-10-15-12(16)8-9-13(17)18-14(3,4)5/h11H,6-10H2,1-5H3,(H,15,16). The van der Waals surface area contributed by atoms with Gasteiger partial charge in [0.25, 0.3) is 0 Å². The van der Waals surface area contributed by atoms with E-state index in [9.17, 15) is 9.59 Å². The lowest BCUT2D eigenvalue weighted by molar-refractivity contribution is -0.155. The van der Waals surface area contributed by atoms with Gasteiger partial charge < -0.3 is 10.1 Å². The zero-order valence-electron chi connectivity index (χ0n) is 12.3. The molecule has 0 aliphatic carbocycles. The molecule has 1 amide bonds. The zero-order chi connectivity index (χ0) is 14.2. The molecule has 0 saturated carbocycles. The summed E-state index contributed by atoms with van der Waals surface area (Å²) in [4.78, 5) is 22.8.